The minimum atomic E-state index is 0.199. The molecule has 1 amide bonds. The van der Waals surface area contributed by atoms with Crippen molar-refractivity contribution in [2.45, 2.75) is 71.4 Å². The molecule has 0 bridgehead atoms. The van der Waals surface area contributed by atoms with Gasteiger partial charge in [0.15, 0.2) is 0 Å². The summed E-state index contributed by atoms with van der Waals surface area (Å²) in [6.45, 7) is 6.81. The Balaban J connectivity index is 1.81. The predicted molar refractivity (Wildman–Crippen MR) is 78.6 cm³/mol. The van der Waals surface area contributed by atoms with Crippen molar-refractivity contribution in [1.82, 2.24) is 5.32 Å². The van der Waals surface area contributed by atoms with Gasteiger partial charge in [-0.05, 0) is 56.3 Å². The van der Waals surface area contributed by atoms with Crippen molar-refractivity contribution in [3.05, 3.63) is 0 Å². The summed E-state index contributed by atoms with van der Waals surface area (Å²) in [7, 11) is 0. The highest BCUT2D eigenvalue weighted by molar-refractivity contribution is 5.79. The van der Waals surface area contributed by atoms with E-state index in [9.17, 15) is 4.79 Å². The first-order chi connectivity index (χ1) is 8.97. The molecule has 19 heavy (non-hydrogen) atoms. The quantitative estimate of drug-likeness (QED) is 0.807. The summed E-state index contributed by atoms with van der Waals surface area (Å²) >= 11 is 0. The summed E-state index contributed by atoms with van der Waals surface area (Å²) in [5, 5.41) is 3.30. The summed E-state index contributed by atoms with van der Waals surface area (Å²) in [5.74, 6) is 2.50. The lowest BCUT2D eigenvalue weighted by Gasteiger charge is -2.35. The molecule has 0 aromatic heterocycles. The van der Waals surface area contributed by atoms with Gasteiger partial charge in [-0.1, -0.05) is 20.8 Å². The van der Waals surface area contributed by atoms with E-state index in [0.29, 0.717) is 18.0 Å². The lowest BCUT2D eigenvalue weighted by Crippen LogP contribution is -2.45. The molecule has 0 aromatic rings. The molecule has 2 rings (SSSR count). The SMILES string of the molecule is CC1CCC(NC(=O)C2CCC(N)C(C)C2)CC1C. The van der Waals surface area contributed by atoms with Crippen LogP contribution in [0.25, 0.3) is 0 Å². The molecule has 2 aliphatic carbocycles. The maximum Gasteiger partial charge on any atom is 0.223 e. The van der Waals surface area contributed by atoms with Crippen LogP contribution in [0, 0.1) is 23.7 Å². The average Bonchev–Trinajstić information content (AvgIpc) is 2.37. The summed E-state index contributed by atoms with van der Waals surface area (Å²) in [6.07, 6.45) is 6.48. The molecule has 0 aliphatic heterocycles. The van der Waals surface area contributed by atoms with E-state index in [4.69, 9.17) is 5.73 Å². The van der Waals surface area contributed by atoms with Gasteiger partial charge in [-0.15, -0.1) is 0 Å². The fourth-order valence-corrected chi connectivity index (χ4v) is 3.66. The minimum absolute atomic E-state index is 0.199. The van der Waals surface area contributed by atoms with Gasteiger partial charge >= 0.3 is 0 Å². The molecule has 0 aromatic carbocycles. The molecular weight excluding hydrogens is 236 g/mol. The summed E-state index contributed by atoms with van der Waals surface area (Å²) < 4.78 is 0. The number of hydrogen-bond donors (Lipinski definition) is 2. The molecule has 3 heteroatoms. The van der Waals surface area contributed by atoms with Crippen LogP contribution in [0.1, 0.15) is 59.3 Å². The first-order valence-corrected chi connectivity index (χ1v) is 8.03. The Morgan fingerprint density at radius 1 is 0.947 bits per heavy atom. The van der Waals surface area contributed by atoms with Crippen LogP contribution in [0.15, 0.2) is 0 Å². The third kappa shape index (κ3) is 3.71. The fourth-order valence-electron chi connectivity index (χ4n) is 3.66. The van der Waals surface area contributed by atoms with E-state index >= 15 is 0 Å². The van der Waals surface area contributed by atoms with Gasteiger partial charge in [0.2, 0.25) is 5.91 Å². The Bertz CT molecular complexity index is 318. The summed E-state index contributed by atoms with van der Waals surface area (Å²) in [4.78, 5) is 12.4. The summed E-state index contributed by atoms with van der Waals surface area (Å²) in [6, 6.07) is 0.698. The van der Waals surface area contributed by atoms with Crippen LogP contribution in [0.4, 0.5) is 0 Å². The number of carbonyl (C=O) groups is 1. The van der Waals surface area contributed by atoms with E-state index in [1.165, 1.54) is 6.42 Å². The van der Waals surface area contributed by atoms with Crippen LogP contribution in [0.5, 0.6) is 0 Å². The van der Waals surface area contributed by atoms with E-state index in [1.807, 2.05) is 0 Å². The Morgan fingerprint density at radius 2 is 1.68 bits per heavy atom. The van der Waals surface area contributed by atoms with Gasteiger partial charge in [0, 0.05) is 18.0 Å². The molecule has 6 atom stereocenters. The van der Waals surface area contributed by atoms with Crippen LogP contribution in [-0.4, -0.2) is 18.0 Å². The second-order valence-corrected chi connectivity index (χ2v) is 7.12. The van der Waals surface area contributed by atoms with Crippen LogP contribution >= 0.6 is 0 Å². The minimum Gasteiger partial charge on any atom is -0.353 e. The van der Waals surface area contributed by atoms with Crippen molar-refractivity contribution in [3.63, 3.8) is 0 Å². The maximum absolute atomic E-state index is 12.4. The monoisotopic (exact) mass is 266 g/mol. The largest absolute Gasteiger partial charge is 0.353 e. The number of amides is 1. The zero-order valence-electron chi connectivity index (χ0n) is 12.7. The van der Waals surface area contributed by atoms with Gasteiger partial charge in [-0.2, -0.15) is 0 Å². The molecule has 0 radical (unpaired) electrons. The molecule has 110 valence electrons. The van der Waals surface area contributed by atoms with Crippen molar-refractivity contribution in [2.75, 3.05) is 0 Å². The lowest BCUT2D eigenvalue weighted by atomic mass is 9.77. The smallest absolute Gasteiger partial charge is 0.223 e. The van der Waals surface area contributed by atoms with Gasteiger partial charge in [0.05, 0.1) is 0 Å². The third-order valence-electron chi connectivity index (χ3n) is 5.55. The second kappa shape index (κ2) is 6.25. The Hall–Kier alpha value is -0.570. The van der Waals surface area contributed by atoms with E-state index in [0.717, 1.165) is 43.9 Å². The molecule has 6 unspecified atom stereocenters. The van der Waals surface area contributed by atoms with Gasteiger partial charge in [0.1, 0.15) is 0 Å². The van der Waals surface area contributed by atoms with Crippen molar-refractivity contribution < 1.29 is 4.79 Å². The standard InChI is InChI=1S/C16H30N2O/c1-10-4-6-14(9-11(10)2)18-16(19)13-5-7-15(17)12(3)8-13/h10-15H,4-9,17H2,1-3H3,(H,18,19). The normalized spacial score (nSPS) is 43.8. The van der Waals surface area contributed by atoms with Crippen LogP contribution in [0.3, 0.4) is 0 Å². The molecular formula is C16H30N2O. The molecule has 0 spiro atoms. The van der Waals surface area contributed by atoms with E-state index in [1.54, 1.807) is 0 Å². The van der Waals surface area contributed by atoms with Crippen molar-refractivity contribution in [3.8, 4) is 0 Å². The van der Waals surface area contributed by atoms with Gasteiger partial charge in [-0.25, -0.2) is 0 Å². The Labute approximate surface area is 117 Å². The lowest BCUT2D eigenvalue weighted by molar-refractivity contribution is -0.127. The second-order valence-electron chi connectivity index (χ2n) is 7.12. The molecule has 0 heterocycles. The van der Waals surface area contributed by atoms with Crippen molar-refractivity contribution >= 4 is 5.91 Å². The van der Waals surface area contributed by atoms with Gasteiger partial charge in [-0.3, -0.25) is 4.79 Å². The van der Waals surface area contributed by atoms with Crippen molar-refractivity contribution in [2.24, 2.45) is 29.4 Å². The molecule has 3 N–H and O–H groups in total. The third-order valence-corrected chi connectivity index (χ3v) is 5.55. The van der Waals surface area contributed by atoms with Crippen LogP contribution in [-0.2, 0) is 4.79 Å². The Kier molecular flexibility index (Phi) is 4.88. The average molecular weight is 266 g/mol. The topological polar surface area (TPSA) is 55.1 Å². The van der Waals surface area contributed by atoms with E-state index < -0.39 is 0 Å². The highest BCUT2D eigenvalue weighted by Gasteiger charge is 2.32. The highest BCUT2D eigenvalue weighted by Crippen LogP contribution is 2.31. The zero-order chi connectivity index (χ0) is 14.0. The van der Waals surface area contributed by atoms with Crippen LogP contribution < -0.4 is 11.1 Å². The van der Waals surface area contributed by atoms with Gasteiger partial charge < -0.3 is 11.1 Å². The molecule has 0 saturated heterocycles. The zero-order valence-corrected chi connectivity index (χ0v) is 12.7. The maximum atomic E-state index is 12.4. The summed E-state index contributed by atoms with van der Waals surface area (Å²) in [5.41, 5.74) is 6.03. The number of nitrogens with two attached hydrogens (primary N) is 1. The predicted octanol–water partition coefficient (Wildman–Crippen LogP) is 2.69. The molecule has 3 nitrogen and oxygen atoms in total. The van der Waals surface area contributed by atoms with E-state index in [-0.39, 0.29) is 11.8 Å². The molecule has 2 saturated carbocycles. The molecule has 2 aliphatic rings. The van der Waals surface area contributed by atoms with Crippen LogP contribution in [0.2, 0.25) is 0 Å². The number of hydrogen-bond acceptors (Lipinski definition) is 2. The van der Waals surface area contributed by atoms with Gasteiger partial charge in [0.25, 0.3) is 0 Å². The fraction of sp³-hybridized carbons (Fsp3) is 0.938. The highest BCUT2D eigenvalue weighted by atomic mass is 16.1. The number of rotatable bonds is 2. The number of carbonyl (C=O) groups excluding carboxylic acids is 1. The first-order valence-electron chi connectivity index (χ1n) is 8.03. The number of nitrogens with one attached hydrogen (secondary N) is 1. The molecule has 2 fully saturated rings. The van der Waals surface area contributed by atoms with E-state index in [2.05, 4.69) is 26.1 Å². The first kappa shape index (κ1) is 14.8. The Morgan fingerprint density at radius 3 is 2.32 bits per heavy atom. The van der Waals surface area contributed by atoms with Crippen molar-refractivity contribution in [1.29, 1.82) is 0 Å².